The van der Waals surface area contributed by atoms with Gasteiger partial charge in [-0.2, -0.15) is 0 Å². The van der Waals surface area contributed by atoms with Crippen molar-refractivity contribution < 1.29 is 23.9 Å². The molecule has 0 unspecified atom stereocenters. The third kappa shape index (κ3) is 14.0. The molecule has 0 aliphatic heterocycles. The van der Waals surface area contributed by atoms with Crippen LogP contribution < -0.4 is 0 Å². The van der Waals surface area contributed by atoms with Crippen LogP contribution in [0.4, 0.5) is 0 Å². The number of carbonyl (C=O) groups excluding carboxylic acids is 3. The number of ether oxygens (including phenoxy) is 2. The molecule has 0 radical (unpaired) electrons. The lowest BCUT2D eigenvalue weighted by atomic mass is 10.2. The lowest BCUT2D eigenvalue weighted by molar-refractivity contribution is -0.148. The second kappa shape index (κ2) is 9.24. The fourth-order valence-electron chi connectivity index (χ4n) is 1.43. The molecule has 128 valence electrons. The molecular weight excluding hydrogens is 316 g/mol. The van der Waals surface area contributed by atoms with E-state index in [1.807, 2.05) is 0 Å². The Morgan fingerprint density at radius 1 is 0.682 bits per heavy atom. The number of rotatable bonds is 10. The van der Waals surface area contributed by atoms with Crippen molar-refractivity contribution in [2.45, 2.75) is 64.2 Å². The fraction of sp³-hybridized carbons (Fsp3) is 0.800. The summed E-state index contributed by atoms with van der Waals surface area (Å²) >= 11 is 0. The van der Waals surface area contributed by atoms with Gasteiger partial charge in [-0.25, -0.2) is 0 Å². The second-order valence-corrected chi connectivity index (χ2v) is 19.2. The molecule has 0 aliphatic carbocycles. The van der Waals surface area contributed by atoms with Crippen molar-refractivity contribution in [1.29, 1.82) is 0 Å². The Hall–Kier alpha value is -0.956. The summed E-state index contributed by atoms with van der Waals surface area (Å²) in [6.45, 7) is 13.8. The molecule has 0 aromatic rings. The molecule has 7 heteroatoms. The normalized spacial score (nSPS) is 11.9. The van der Waals surface area contributed by atoms with Crippen LogP contribution >= 0.6 is 0 Å². The first-order valence-electron chi connectivity index (χ1n) is 7.72. The molecule has 0 heterocycles. The monoisotopic (exact) mass is 346 g/mol. The smallest absolute Gasteiger partial charge is 0.313 e. The van der Waals surface area contributed by atoms with Gasteiger partial charge in [0.15, 0.2) is 5.78 Å². The van der Waals surface area contributed by atoms with Gasteiger partial charge in [0, 0.05) is 16.1 Å². The molecular formula is C15H30O5Si2. The van der Waals surface area contributed by atoms with Crippen LogP contribution in [0.15, 0.2) is 0 Å². The Labute approximate surface area is 135 Å². The van der Waals surface area contributed by atoms with Gasteiger partial charge in [-0.05, 0) is 12.1 Å². The average molecular weight is 347 g/mol. The Kier molecular flexibility index (Phi) is 8.84. The zero-order valence-corrected chi connectivity index (χ0v) is 16.8. The fourth-order valence-corrected chi connectivity index (χ4v) is 2.86. The maximum absolute atomic E-state index is 11.6. The van der Waals surface area contributed by atoms with Crippen LogP contribution in [0.1, 0.15) is 12.8 Å². The molecule has 0 bridgehead atoms. The Morgan fingerprint density at radius 2 is 1.00 bits per heavy atom. The van der Waals surface area contributed by atoms with Crippen LogP contribution in [0.2, 0.25) is 51.4 Å². The zero-order chi connectivity index (χ0) is 17.4. The van der Waals surface area contributed by atoms with Crippen LogP contribution in [0.5, 0.6) is 0 Å². The highest BCUT2D eigenvalue weighted by atomic mass is 28.3. The zero-order valence-electron chi connectivity index (χ0n) is 14.8. The molecule has 0 N–H and O–H groups in total. The molecule has 0 rings (SSSR count). The lowest BCUT2D eigenvalue weighted by Crippen LogP contribution is -2.24. The predicted octanol–water partition coefficient (Wildman–Crippen LogP) is 3.10. The summed E-state index contributed by atoms with van der Waals surface area (Å²) in [7, 11) is -2.51. The maximum atomic E-state index is 11.6. The van der Waals surface area contributed by atoms with Gasteiger partial charge in [-0.15, -0.1) is 0 Å². The van der Waals surface area contributed by atoms with E-state index in [0.717, 1.165) is 12.1 Å². The summed E-state index contributed by atoms with van der Waals surface area (Å²) in [5.41, 5.74) is 0. The first-order valence-corrected chi connectivity index (χ1v) is 15.1. The average Bonchev–Trinajstić information content (AvgIpc) is 2.24. The number of carbonyl (C=O) groups is 3. The summed E-state index contributed by atoms with van der Waals surface area (Å²) in [5.74, 6) is -1.56. The molecule has 0 spiro atoms. The van der Waals surface area contributed by atoms with E-state index in [4.69, 9.17) is 9.47 Å². The molecule has 22 heavy (non-hydrogen) atoms. The lowest BCUT2D eigenvalue weighted by Gasteiger charge is -2.15. The molecule has 0 saturated carbocycles. The number of ketones is 1. The van der Waals surface area contributed by atoms with Gasteiger partial charge in [-0.3, -0.25) is 14.4 Å². The molecule has 0 aromatic heterocycles. The van der Waals surface area contributed by atoms with Crippen molar-refractivity contribution in [3.8, 4) is 0 Å². The largest absolute Gasteiger partial charge is 0.466 e. The third-order valence-corrected chi connectivity index (χ3v) is 6.32. The van der Waals surface area contributed by atoms with Crippen molar-refractivity contribution in [1.82, 2.24) is 0 Å². The van der Waals surface area contributed by atoms with Crippen molar-refractivity contribution in [3.63, 3.8) is 0 Å². The third-order valence-electron chi connectivity index (χ3n) is 2.91. The van der Waals surface area contributed by atoms with Gasteiger partial charge in [0.05, 0.1) is 13.2 Å². The highest BCUT2D eigenvalue weighted by molar-refractivity contribution is 6.76. The number of esters is 2. The van der Waals surface area contributed by atoms with E-state index < -0.39 is 33.9 Å². The molecule has 0 aromatic carbocycles. The van der Waals surface area contributed by atoms with E-state index in [9.17, 15) is 14.4 Å². The standard InChI is InChI=1S/C15H30O5Si2/c1-21(2,3)9-7-19-14(17)11-13(16)12-15(18)20-8-10-22(4,5)6/h7-12H2,1-6H3. The summed E-state index contributed by atoms with van der Waals surface area (Å²) in [6, 6.07) is 1.73. The Morgan fingerprint density at radius 3 is 1.27 bits per heavy atom. The van der Waals surface area contributed by atoms with E-state index in [0.29, 0.717) is 13.2 Å². The summed E-state index contributed by atoms with van der Waals surface area (Å²) in [6.07, 6.45) is -0.705. The Balaban J connectivity index is 3.88. The van der Waals surface area contributed by atoms with E-state index in [2.05, 4.69) is 39.3 Å². The molecule has 0 saturated heterocycles. The minimum Gasteiger partial charge on any atom is -0.466 e. The minimum absolute atomic E-state index is 0.350. The van der Waals surface area contributed by atoms with E-state index in [-0.39, 0.29) is 12.8 Å². The molecule has 5 nitrogen and oxygen atoms in total. The molecule has 0 amide bonds. The van der Waals surface area contributed by atoms with E-state index in [1.165, 1.54) is 0 Å². The highest BCUT2D eigenvalue weighted by Gasteiger charge is 2.19. The molecule has 0 atom stereocenters. The second-order valence-electron chi connectivity index (χ2n) is 7.95. The van der Waals surface area contributed by atoms with Crippen molar-refractivity contribution in [2.24, 2.45) is 0 Å². The minimum atomic E-state index is -1.25. The summed E-state index contributed by atoms with van der Waals surface area (Å²) in [5, 5.41) is 0. The quantitative estimate of drug-likeness (QED) is 0.345. The first-order chi connectivity index (χ1) is 9.89. The number of hydrogen-bond donors (Lipinski definition) is 0. The first kappa shape index (κ1) is 21.0. The van der Waals surface area contributed by atoms with Gasteiger partial charge < -0.3 is 9.47 Å². The van der Waals surface area contributed by atoms with E-state index >= 15 is 0 Å². The van der Waals surface area contributed by atoms with Gasteiger partial charge in [-0.1, -0.05) is 39.3 Å². The van der Waals surface area contributed by atoms with Crippen LogP contribution in [-0.4, -0.2) is 47.1 Å². The topological polar surface area (TPSA) is 69.7 Å². The van der Waals surface area contributed by atoms with Crippen LogP contribution in [-0.2, 0) is 23.9 Å². The summed E-state index contributed by atoms with van der Waals surface area (Å²) < 4.78 is 10.0. The van der Waals surface area contributed by atoms with Crippen LogP contribution in [0.25, 0.3) is 0 Å². The van der Waals surface area contributed by atoms with Gasteiger partial charge >= 0.3 is 11.9 Å². The number of Topliss-reactive ketones (excluding diaryl/α,β-unsaturated/α-hetero) is 1. The van der Waals surface area contributed by atoms with Crippen molar-refractivity contribution in [2.75, 3.05) is 13.2 Å². The highest BCUT2D eigenvalue weighted by Crippen LogP contribution is 2.09. The SMILES string of the molecule is C[Si](C)(C)CCOC(=O)CC(=O)CC(=O)OCC[Si](C)(C)C. The maximum Gasteiger partial charge on any atom is 0.313 e. The van der Waals surface area contributed by atoms with Crippen molar-refractivity contribution in [3.05, 3.63) is 0 Å². The van der Waals surface area contributed by atoms with E-state index in [1.54, 1.807) is 0 Å². The molecule has 0 fully saturated rings. The van der Waals surface area contributed by atoms with Gasteiger partial charge in [0.2, 0.25) is 0 Å². The van der Waals surface area contributed by atoms with Crippen LogP contribution in [0.3, 0.4) is 0 Å². The summed E-state index contributed by atoms with van der Waals surface area (Å²) in [4.78, 5) is 34.6. The van der Waals surface area contributed by atoms with Crippen molar-refractivity contribution >= 4 is 33.9 Å². The van der Waals surface area contributed by atoms with Crippen LogP contribution in [0, 0.1) is 0 Å². The Bertz CT molecular complexity index is 358. The van der Waals surface area contributed by atoms with Gasteiger partial charge in [0.25, 0.3) is 0 Å². The van der Waals surface area contributed by atoms with Gasteiger partial charge in [0.1, 0.15) is 12.8 Å². The number of hydrogen-bond acceptors (Lipinski definition) is 5. The predicted molar refractivity (Wildman–Crippen MR) is 92.5 cm³/mol. The molecule has 0 aliphatic rings.